The van der Waals surface area contributed by atoms with Gasteiger partial charge in [0, 0.05) is 5.02 Å². The van der Waals surface area contributed by atoms with Gasteiger partial charge in [0.1, 0.15) is 11.6 Å². The number of para-hydroxylation sites is 2. The second kappa shape index (κ2) is 8.57. The van der Waals surface area contributed by atoms with Crippen molar-refractivity contribution >= 4 is 29.2 Å². The normalized spacial score (nSPS) is 11.8. The summed E-state index contributed by atoms with van der Waals surface area (Å²) in [6, 6.07) is 8.86. The second-order valence-corrected chi connectivity index (χ2v) is 5.47. The number of amides is 1. The van der Waals surface area contributed by atoms with Gasteiger partial charge in [0.15, 0.2) is 6.10 Å². The summed E-state index contributed by atoms with van der Waals surface area (Å²) in [5.41, 5.74) is -0.422. The number of anilines is 1. The molecule has 2 rings (SSSR count). The van der Waals surface area contributed by atoms with Crippen LogP contribution < -0.4 is 10.1 Å². The van der Waals surface area contributed by atoms with E-state index in [4.69, 9.17) is 16.3 Å². The Kier molecular flexibility index (Phi) is 6.46. The van der Waals surface area contributed by atoms with Gasteiger partial charge in [0.2, 0.25) is 0 Å². The predicted octanol–water partition coefficient (Wildman–Crippen LogP) is 4.26. The van der Waals surface area contributed by atoms with Crippen LogP contribution in [0.1, 0.15) is 17.3 Å². The molecule has 0 aliphatic carbocycles. The highest BCUT2D eigenvalue weighted by Gasteiger charge is 2.22. The molecule has 0 bridgehead atoms. The van der Waals surface area contributed by atoms with Crippen LogP contribution in [0.2, 0.25) is 5.02 Å². The number of hydrogen-bond acceptors (Lipinski definition) is 4. The van der Waals surface area contributed by atoms with Crippen molar-refractivity contribution in [3.05, 3.63) is 58.9 Å². The van der Waals surface area contributed by atoms with Crippen LogP contribution in [0, 0.1) is 5.82 Å². The SMILES string of the molecule is CC(OC(=O)c1ccc(Cl)cc1F)C(=O)Nc1ccccc1OC(F)F. The van der Waals surface area contributed by atoms with E-state index >= 15 is 0 Å². The van der Waals surface area contributed by atoms with E-state index in [0.717, 1.165) is 12.1 Å². The first kappa shape index (κ1) is 19.6. The zero-order valence-electron chi connectivity index (χ0n) is 13.3. The zero-order chi connectivity index (χ0) is 19.3. The molecule has 0 radical (unpaired) electrons. The summed E-state index contributed by atoms with van der Waals surface area (Å²) in [5.74, 6) is -3.03. The first-order valence-electron chi connectivity index (χ1n) is 7.28. The fraction of sp³-hybridized carbons (Fsp3) is 0.176. The third kappa shape index (κ3) is 5.13. The lowest BCUT2D eigenvalue weighted by molar-refractivity contribution is -0.123. The van der Waals surface area contributed by atoms with Crippen molar-refractivity contribution in [3.8, 4) is 5.75 Å². The van der Waals surface area contributed by atoms with Gasteiger partial charge < -0.3 is 14.8 Å². The van der Waals surface area contributed by atoms with E-state index in [0.29, 0.717) is 0 Å². The van der Waals surface area contributed by atoms with E-state index < -0.39 is 36.0 Å². The van der Waals surface area contributed by atoms with E-state index in [9.17, 15) is 22.8 Å². The van der Waals surface area contributed by atoms with Crippen molar-refractivity contribution in [3.63, 3.8) is 0 Å². The van der Waals surface area contributed by atoms with E-state index in [1.54, 1.807) is 0 Å². The summed E-state index contributed by atoms with van der Waals surface area (Å²) < 4.78 is 47.6. The second-order valence-electron chi connectivity index (χ2n) is 5.04. The van der Waals surface area contributed by atoms with E-state index in [-0.39, 0.29) is 16.5 Å². The lowest BCUT2D eigenvalue weighted by atomic mass is 10.2. The lowest BCUT2D eigenvalue weighted by Gasteiger charge is -2.16. The average molecular weight is 388 g/mol. The number of esters is 1. The fourth-order valence-corrected chi connectivity index (χ4v) is 2.09. The van der Waals surface area contributed by atoms with Crippen LogP contribution in [0.5, 0.6) is 5.75 Å². The van der Waals surface area contributed by atoms with E-state index in [1.165, 1.54) is 37.3 Å². The van der Waals surface area contributed by atoms with Crippen LogP contribution >= 0.6 is 11.6 Å². The molecule has 2 aromatic rings. The van der Waals surface area contributed by atoms with Crippen LogP contribution in [0.25, 0.3) is 0 Å². The lowest BCUT2D eigenvalue weighted by Crippen LogP contribution is -2.30. The Labute approximate surface area is 151 Å². The summed E-state index contributed by atoms with van der Waals surface area (Å²) in [4.78, 5) is 24.1. The minimum Gasteiger partial charge on any atom is -0.449 e. The maximum atomic E-state index is 13.7. The molecule has 9 heteroatoms. The Morgan fingerprint density at radius 1 is 1.15 bits per heavy atom. The Balaban J connectivity index is 2.05. The smallest absolute Gasteiger partial charge is 0.387 e. The minimum absolute atomic E-state index is 0.0293. The van der Waals surface area contributed by atoms with Crippen LogP contribution in [-0.4, -0.2) is 24.6 Å². The van der Waals surface area contributed by atoms with Gasteiger partial charge in [-0.15, -0.1) is 0 Å². The third-order valence-corrected chi connectivity index (χ3v) is 3.40. The van der Waals surface area contributed by atoms with Gasteiger partial charge in [-0.05, 0) is 37.3 Å². The highest BCUT2D eigenvalue weighted by atomic mass is 35.5. The Morgan fingerprint density at radius 3 is 2.50 bits per heavy atom. The number of halogens is 4. The van der Waals surface area contributed by atoms with Crippen molar-refractivity contribution in [2.24, 2.45) is 0 Å². The number of carbonyl (C=O) groups is 2. The Bertz CT molecular complexity index is 816. The fourth-order valence-electron chi connectivity index (χ4n) is 1.94. The van der Waals surface area contributed by atoms with Crippen molar-refractivity contribution in [2.75, 3.05) is 5.32 Å². The zero-order valence-corrected chi connectivity index (χ0v) is 14.1. The van der Waals surface area contributed by atoms with Crippen LogP contribution in [0.15, 0.2) is 42.5 Å². The van der Waals surface area contributed by atoms with Gasteiger partial charge in [0.05, 0.1) is 11.3 Å². The molecule has 0 heterocycles. The Morgan fingerprint density at radius 2 is 1.85 bits per heavy atom. The number of rotatable bonds is 6. The maximum absolute atomic E-state index is 13.7. The molecule has 0 aromatic heterocycles. The monoisotopic (exact) mass is 387 g/mol. The maximum Gasteiger partial charge on any atom is 0.387 e. The topological polar surface area (TPSA) is 64.6 Å². The third-order valence-electron chi connectivity index (χ3n) is 3.17. The van der Waals surface area contributed by atoms with Gasteiger partial charge >= 0.3 is 12.6 Å². The van der Waals surface area contributed by atoms with Crippen molar-refractivity contribution < 1.29 is 32.2 Å². The molecule has 1 unspecified atom stereocenters. The number of hydrogen-bond donors (Lipinski definition) is 1. The van der Waals surface area contributed by atoms with Crippen molar-refractivity contribution in [1.82, 2.24) is 0 Å². The quantitative estimate of drug-likeness (QED) is 0.752. The highest BCUT2D eigenvalue weighted by molar-refractivity contribution is 6.30. The average Bonchev–Trinajstić information content (AvgIpc) is 2.55. The van der Waals surface area contributed by atoms with Crippen LogP contribution in [0.3, 0.4) is 0 Å². The molecule has 0 spiro atoms. The molecule has 1 N–H and O–H groups in total. The molecule has 0 aliphatic rings. The molecule has 1 amide bonds. The molecule has 0 saturated carbocycles. The minimum atomic E-state index is -3.07. The van der Waals surface area contributed by atoms with Crippen molar-refractivity contribution in [2.45, 2.75) is 19.6 Å². The highest BCUT2D eigenvalue weighted by Crippen LogP contribution is 2.26. The molecule has 0 fully saturated rings. The summed E-state index contributed by atoms with van der Waals surface area (Å²) in [6.07, 6.45) is -1.32. The molecular formula is C17H13ClF3NO4. The predicted molar refractivity (Wildman–Crippen MR) is 88.0 cm³/mol. The molecule has 0 saturated heterocycles. The van der Waals surface area contributed by atoms with Gasteiger partial charge in [-0.2, -0.15) is 8.78 Å². The summed E-state index contributed by atoms with van der Waals surface area (Å²) in [7, 11) is 0. The number of alkyl halides is 2. The summed E-state index contributed by atoms with van der Waals surface area (Å²) >= 11 is 5.60. The first-order valence-corrected chi connectivity index (χ1v) is 7.66. The number of ether oxygens (including phenoxy) is 2. The van der Waals surface area contributed by atoms with Crippen LogP contribution in [-0.2, 0) is 9.53 Å². The summed E-state index contributed by atoms with van der Waals surface area (Å²) in [6.45, 7) is -1.83. The molecule has 1 atom stereocenters. The largest absolute Gasteiger partial charge is 0.449 e. The standard InChI is InChI=1S/C17H13ClF3NO4/c1-9(25-16(24)11-7-6-10(18)8-12(11)19)15(23)22-13-4-2-3-5-14(13)26-17(20)21/h2-9,17H,1H3,(H,22,23). The molecule has 0 aliphatic heterocycles. The van der Waals surface area contributed by atoms with Crippen molar-refractivity contribution in [1.29, 1.82) is 0 Å². The Hall–Kier alpha value is -2.74. The molecule has 2 aromatic carbocycles. The van der Waals surface area contributed by atoms with E-state index in [1.807, 2.05) is 0 Å². The number of nitrogens with one attached hydrogen (secondary N) is 1. The molecular weight excluding hydrogens is 375 g/mol. The summed E-state index contributed by atoms with van der Waals surface area (Å²) in [5, 5.41) is 2.40. The number of benzene rings is 2. The van der Waals surface area contributed by atoms with Crippen LogP contribution in [0.4, 0.5) is 18.9 Å². The first-order chi connectivity index (χ1) is 12.3. The molecule has 138 valence electrons. The van der Waals surface area contributed by atoms with Gasteiger partial charge in [0.25, 0.3) is 5.91 Å². The van der Waals surface area contributed by atoms with Gasteiger partial charge in [-0.25, -0.2) is 9.18 Å². The molecule has 26 heavy (non-hydrogen) atoms. The van der Waals surface area contributed by atoms with Gasteiger partial charge in [-0.1, -0.05) is 23.7 Å². The van der Waals surface area contributed by atoms with Gasteiger partial charge in [-0.3, -0.25) is 4.79 Å². The molecule has 5 nitrogen and oxygen atoms in total. The number of carbonyl (C=O) groups excluding carboxylic acids is 2. The van der Waals surface area contributed by atoms with E-state index in [2.05, 4.69) is 10.1 Å².